The van der Waals surface area contributed by atoms with Crippen molar-refractivity contribution in [3.63, 3.8) is 0 Å². The third kappa shape index (κ3) is 8.87. The predicted molar refractivity (Wildman–Crippen MR) is 267 cm³/mol. The summed E-state index contributed by atoms with van der Waals surface area (Å²) in [6, 6.07) is 43.3. The fourth-order valence-corrected chi connectivity index (χ4v) is 8.41. The molecule has 0 aliphatic carbocycles. The second-order valence-corrected chi connectivity index (χ2v) is 19.5. The van der Waals surface area contributed by atoms with E-state index in [4.69, 9.17) is 22.3 Å². The van der Waals surface area contributed by atoms with Gasteiger partial charge in [0, 0.05) is 35.2 Å². The lowest BCUT2D eigenvalue weighted by Gasteiger charge is -2.22. The molecule has 0 spiro atoms. The van der Waals surface area contributed by atoms with Crippen LogP contribution in [0.4, 0.5) is 0 Å². The highest BCUT2D eigenvalue weighted by atomic mass is 16.3. The molecule has 0 unspecified atom stereocenters. The number of phenolic OH excluding ortho intramolecular Hbond substituents is 1. The second kappa shape index (κ2) is 16.5. The fraction of sp³-hybridized carbons (Fsp3) is 0.288. The number of rotatable bonds is 8. The molecule has 0 aliphatic rings. The summed E-state index contributed by atoms with van der Waals surface area (Å²) in [5, 5.41) is 12.1. The van der Waals surface area contributed by atoms with Crippen LogP contribution in [0.5, 0.6) is 5.75 Å². The molecule has 2 heterocycles. The molecule has 8 aromatic rings. The molecule has 6 aromatic carbocycles. The molecule has 0 fully saturated rings. The Morgan fingerprint density at radius 2 is 1.29 bits per heavy atom. The number of para-hydroxylation sites is 1. The SMILES string of the molecule is [2H]C([2H])([2H])C(c1ccc(-c2ccnc(-c3cc(-c4cccc5c4nc(-c4cc(C(C)(C)C)cc(C)c4O)n5-c4ccc(CC(C)C)cc4-c4ccccc4)cc(C(C)(C)C)c3)c2)cc1)(C([2H])([2H])[2H])C([2H])([2H])[2H]. The zero-order chi connectivity index (χ0) is 52.5. The summed E-state index contributed by atoms with van der Waals surface area (Å²) in [6.45, 7) is 9.29. The van der Waals surface area contributed by atoms with Gasteiger partial charge in [-0.05, 0) is 134 Å². The van der Waals surface area contributed by atoms with Gasteiger partial charge in [0.05, 0.1) is 28.0 Å². The van der Waals surface area contributed by atoms with Crippen LogP contribution in [0.2, 0.25) is 0 Å². The monoisotopic (exact) mass is 839 g/mol. The van der Waals surface area contributed by atoms with E-state index >= 15 is 0 Å². The van der Waals surface area contributed by atoms with Crippen LogP contribution in [-0.2, 0) is 22.7 Å². The minimum atomic E-state index is -3.36. The molecule has 0 bridgehead atoms. The van der Waals surface area contributed by atoms with Gasteiger partial charge in [0.25, 0.3) is 0 Å². The number of imidazole rings is 1. The number of fused-ring (bicyclic) bond motifs is 1. The van der Waals surface area contributed by atoms with Crippen LogP contribution in [0.1, 0.15) is 116 Å². The average molecular weight is 839 g/mol. The molecule has 0 radical (unpaired) electrons. The van der Waals surface area contributed by atoms with E-state index < -0.39 is 26.0 Å². The lowest BCUT2D eigenvalue weighted by Crippen LogP contribution is -2.12. The van der Waals surface area contributed by atoms with Gasteiger partial charge in [0.15, 0.2) is 0 Å². The van der Waals surface area contributed by atoms with Crippen molar-refractivity contribution < 1.29 is 17.4 Å². The Morgan fingerprint density at radius 1 is 0.587 bits per heavy atom. The van der Waals surface area contributed by atoms with E-state index in [0.29, 0.717) is 34.1 Å². The highest BCUT2D eigenvalue weighted by molar-refractivity contribution is 5.98. The van der Waals surface area contributed by atoms with Gasteiger partial charge >= 0.3 is 0 Å². The Labute approximate surface area is 388 Å². The predicted octanol–water partition coefficient (Wildman–Crippen LogP) is 15.9. The fourth-order valence-electron chi connectivity index (χ4n) is 8.41. The van der Waals surface area contributed by atoms with Crippen molar-refractivity contribution in [2.24, 2.45) is 5.92 Å². The number of hydrogen-bond donors (Lipinski definition) is 1. The number of phenols is 1. The molecule has 0 saturated heterocycles. The normalized spacial score (nSPS) is 15.1. The Bertz CT molecular complexity index is 3260. The molecule has 0 amide bonds. The molecular formula is C59H63N3O. The van der Waals surface area contributed by atoms with Crippen LogP contribution in [-0.4, -0.2) is 19.6 Å². The van der Waals surface area contributed by atoms with E-state index in [9.17, 15) is 5.11 Å². The summed E-state index contributed by atoms with van der Waals surface area (Å²) in [5.74, 6) is 1.23. The number of nitrogens with zero attached hydrogens (tertiary/aromatic N) is 3. The first kappa shape index (κ1) is 33.3. The molecule has 63 heavy (non-hydrogen) atoms. The first-order chi connectivity index (χ1) is 33.5. The van der Waals surface area contributed by atoms with Gasteiger partial charge in [-0.25, -0.2) is 4.98 Å². The zero-order valence-corrected chi connectivity index (χ0v) is 37.9. The summed E-state index contributed by atoms with van der Waals surface area (Å²) < 4.78 is 76.0. The molecule has 2 aromatic heterocycles. The van der Waals surface area contributed by atoms with Crippen LogP contribution in [0.3, 0.4) is 0 Å². The van der Waals surface area contributed by atoms with Crippen molar-refractivity contribution in [1.29, 1.82) is 0 Å². The first-order valence-corrected chi connectivity index (χ1v) is 21.8. The van der Waals surface area contributed by atoms with Crippen LogP contribution in [0.25, 0.3) is 72.7 Å². The van der Waals surface area contributed by atoms with Crippen LogP contribution in [0, 0.1) is 12.8 Å². The number of pyridine rings is 1. The molecule has 0 saturated carbocycles. The van der Waals surface area contributed by atoms with E-state index in [1.165, 1.54) is 17.7 Å². The van der Waals surface area contributed by atoms with Crippen molar-refractivity contribution in [2.75, 3.05) is 0 Å². The molecule has 0 atom stereocenters. The minimum absolute atomic E-state index is 0.169. The minimum Gasteiger partial charge on any atom is -0.507 e. The van der Waals surface area contributed by atoms with Crippen LogP contribution >= 0.6 is 0 Å². The zero-order valence-electron chi connectivity index (χ0n) is 46.9. The summed E-state index contributed by atoms with van der Waals surface area (Å²) in [7, 11) is 0. The highest BCUT2D eigenvalue weighted by Gasteiger charge is 2.26. The third-order valence-electron chi connectivity index (χ3n) is 11.9. The first-order valence-electron chi connectivity index (χ1n) is 26.3. The maximum atomic E-state index is 12.1. The number of aromatic hydroxyl groups is 1. The van der Waals surface area contributed by atoms with Crippen molar-refractivity contribution in [3.8, 4) is 67.5 Å². The maximum Gasteiger partial charge on any atom is 0.149 e. The van der Waals surface area contributed by atoms with Crippen molar-refractivity contribution in [1.82, 2.24) is 14.5 Å². The third-order valence-corrected chi connectivity index (χ3v) is 11.9. The van der Waals surface area contributed by atoms with Gasteiger partial charge in [-0.3, -0.25) is 9.55 Å². The Kier molecular flexibility index (Phi) is 8.70. The molecule has 4 nitrogen and oxygen atoms in total. The Balaban J connectivity index is 1.34. The van der Waals surface area contributed by atoms with E-state index in [0.717, 1.165) is 67.6 Å². The topological polar surface area (TPSA) is 50.9 Å². The lowest BCUT2D eigenvalue weighted by atomic mass is 9.83. The standard InChI is InChI=1S/C59H63N3O/c1-37(2)29-39-21-26-52(49(31-39)41-17-14-13-15-18-41)62-53-20-16-19-48(54(53)61-56(62)50-36-46(58(7,8)9)30-38(3)55(50)63)43-32-44(34-47(33-43)59(10,11)12)51-35-42(27-28-60-51)40-22-24-45(25-23-40)57(4,5)6/h13-28,30-37,63H,29H2,1-12H3/i4D3,5D3,6D3. The second-order valence-electron chi connectivity index (χ2n) is 19.5. The van der Waals surface area contributed by atoms with Crippen molar-refractivity contribution in [3.05, 3.63) is 167 Å². The molecule has 4 heteroatoms. The largest absolute Gasteiger partial charge is 0.507 e. The summed E-state index contributed by atoms with van der Waals surface area (Å²) >= 11 is 0. The Hall–Kier alpha value is -6.26. The number of aromatic nitrogens is 3. The summed E-state index contributed by atoms with van der Waals surface area (Å²) in [6.07, 6.45) is 2.60. The Morgan fingerprint density at radius 3 is 1.97 bits per heavy atom. The average Bonchev–Trinajstić information content (AvgIpc) is 3.67. The van der Waals surface area contributed by atoms with Gasteiger partial charge in [0.1, 0.15) is 11.6 Å². The van der Waals surface area contributed by atoms with Crippen LogP contribution in [0.15, 0.2) is 140 Å². The van der Waals surface area contributed by atoms with Gasteiger partial charge in [-0.15, -0.1) is 0 Å². The van der Waals surface area contributed by atoms with Gasteiger partial charge in [0.2, 0.25) is 0 Å². The molecule has 1 N–H and O–H groups in total. The molecule has 0 aliphatic heterocycles. The molecule has 320 valence electrons. The van der Waals surface area contributed by atoms with Gasteiger partial charge in [-0.1, -0.05) is 161 Å². The smallest absolute Gasteiger partial charge is 0.149 e. The summed E-state index contributed by atoms with van der Waals surface area (Å²) in [4.78, 5) is 10.4. The lowest BCUT2D eigenvalue weighted by molar-refractivity contribution is 0.471. The van der Waals surface area contributed by atoms with Crippen molar-refractivity contribution in [2.45, 2.75) is 106 Å². The molecule has 8 rings (SSSR count). The quantitative estimate of drug-likeness (QED) is 0.166. The van der Waals surface area contributed by atoms with E-state index in [2.05, 4.69) is 151 Å². The number of hydrogen-bond acceptors (Lipinski definition) is 3. The van der Waals surface area contributed by atoms with Gasteiger partial charge in [-0.2, -0.15) is 0 Å². The van der Waals surface area contributed by atoms with Gasteiger partial charge < -0.3 is 5.11 Å². The number of benzene rings is 6. The van der Waals surface area contributed by atoms with Crippen molar-refractivity contribution >= 4 is 11.0 Å². The van der Waals surface area contributed by atoms with E-state index in [1.807, 2.05) is 19.1 Å². The summed E-state index contributed by atoms with van der Waals surface area (Å²) in [5.41, 5.74) is 10.1. The number of aryl methyl sites for hydroxylation is 1. The highest BCUT2D eigenvalue weighted by Crippen LogP contribution is 2.44. The van der Waals surface area contributed by atoms with E-state index in [-0.39, 0.29) is 22.1 Å². The van der Waals surface area contributed by atoms with Crippen LogP contribution < -0.4 is 0 Å². The van der Waals surface area contributed by atoms with E-state index in [1.54, 1.807) is 24.4 Å². The molecular weight excluding hydrogens is 767 g/mol. The maximum absolute atomic E-state index is 12.1.